The number of nitrogens with zero attached hydrogens (tertiary/aromatic N) is 1. The lowest BCUT2D eigenvalue weighted by atomic mass is 10.1. The molecule has 0 aliphatic rings. The van der Waals surface area contributed by atoms with Crippen molar-refractivity contribution in [2.45, 2.75) is 13.8 Å². The van der Waals surface area contributed by atoms with E-state index in [1.54, 1.807) is 36.4 Å². The molecule has 0 bridgehead atoms. The number of benzene rings is 1. The summed E-state index contributed by atoms with van der Waals surface area (Å²) in [6, 6.07) is 9.98. The second kappa shape index (κ2) is 7.40. The van der Waals surface area contributed by atoms with Gasteiger partial charge >= 0.3 is 0 Å². The van der Waals surface area contributed by atoms with E-state index in [1.807, 2.05) is 0 Å². The van der Waals surface area contributed by atoms with E-state index in [-0.39, 0.29) is 29.9 Å². The van der Waals surface area contributed by atoms with Crippen LogP contribution in [0.2, 0.25) is 0 Å². The van der Waals surface area contributed by atoms with Crippen LogP contribution in [-0.4, -0.2) is 30.7 Å². The van der Waals surface area contributed by atoms with Crippen molar-refractivity contribution in [1.82, 2.24) is 5.32 Å². The Morgan fingerprint density at radius 2 is 1.78 bits per heavy atom. The number of nitrogens with one attached hydrogen (secondary N) is 1. The van der Waals surface area contributed by atoms with Gasteiger partial charge in [-0.3, -0.25) is 14.4 Å². The predicted molar refractivity (Wildman–Crippen MR) is 85.5 cm³/mol. The van der Waals surface area contributed by atoms with Gasteiger partial charge in [-0.25, -0.2) is 0 Å². The highest BCUT2D eigenvalue weighted by molar-refractivity contribution is 5.96. The zero-order valence-electron chi connectivity index (χ0n) is 13.0. The van der Waals surface area contributed by atoms with Gasteiger partial charge in [-0.05, 0) is 43.3 Å². The molecular weight excluding hydrogens is 296 g/mol. The zero-order chi connectivity index (χ0) is 16.8. The van der Waals surface area contributed by atoms with Crippen LogP contribution in [0.1, 0.15) is 34.8 Å². The number of hydrogen-bond acceptors (Lipinski definition) is 4. The maximum atomic E-state index is 11.8. The van der Waals surface area contributed by atoms with E-state index in [2.05, 4.69) is 5.32 Å². The molecule has 0 fully saturated rings. The van der Waals surface area contributed by atoms with Crippen molar-refractivity contribution in [3.63, 3.8) is 0 Å². The van der Waals surface area contributed by atoms with E-state index in [0.717, 1.165) is 0 Å². The summed E-state index contributed by atoms with van der Waals surface area (Å²) < 4.78 is 5.00. The fraction of sp³-hybridized carbons (Fsp3) is 0.235. The van der Waals surface area contributed by atoms with Gasteiger partial charge in [-0.15, -0.1) is 0 Å². The normalized spacial score (nSPS) is 10.2. The first-order valence-electron chi connectivity index (χ1n) is 7.20. The van der Waals surface area contributed by atoms with Crippen LogP contribution in [0, 0.1) is 0 Å². The molecule has 0 aliphatic heterocycles. The third kappa shape index (κ3) is 4.29. The number of carbonyl (C=O) groups excluding carboxylic acids is 3. The summed E-state index contributed by atoms with van der Waals surface area (Å²) in [6.07, 6.45) is 1.42. The molecular formula is C17H18N2O4. The SMILES string of the molecule is CC(=O)c1ccc(N(CCNC(=O)c2ccco2)C(C)=O)cc1. The van der Waals surface area contributed by atoms with Gasteiger partial charge in [0.25, 0.3) is 5.91 Å². The minimum atomic E-state index is -0.328. The van der Waals surface area contributed by atoms with Crippen LogP contribution in [-0.2, 0) is 4.79 Å². The average molecular weight is 314 g/mol. The van der Waals surface area contributed by atoms with Crippen LogP contribution in [0.25, 0.3) is 0 Å². The predicted octanol–water partition coefficient (Wildman–Crippen LogP) is 2.27. The largest absolute Gasteiger partial charge is 0.459 e. The fourth-order valence-corrected chi connectivity index (χ4v) is 2.12. The molecule has 0 spiro atoms. The molecule has 23 heavy (non-hydrogen) atoms. The maximum Gasteiger partial charge on any atom is 0.287 e. The van der Waals surface area contributed by atoms with E-state index in [9.17, 15) is 14.4 Å². The summed E-state index contributed by atoms with van der Waals surface area (Å²) >= 11 is 0. The number of rotatable bonds is 6. The lowest BCUT2D eigenvalue weighted by Crippen LogP contribution is -2.37. The van der Waals surface area contributed by atoms with Crippen LogP contribution in [0.3, 0.4) is 0 Å². The van der Waals surface area contributed by atoms with Crippen molar-refractivity contribution in [2.75, 3.05) is 18.0 Å². The van der Waals surface area contributed by atoms with Crippen LogP contribution in [0.15, 0.2) is 47.1 Å². The smallest absolute Gasteiger partial charge is 0.287 e. The molecule has 0 unspecified atom stereocenters. The summed E-state index contributed by atoms with van der Waals surface area (Å²) in [5, 5.41) is 2.69. The fourth-order valence-electron chi connectivity index (χ4n) is 2.12. The van der Waals surface area contributed by atoms with Gasteiger partial charge < -0.3 is 14.6 Å². The molecule has 1 aromatic heterocycles. The zero-order valence-corrected chi connectivity index (χ0v) is 13.0. The molecule has 0 aliphatic carbocycles. The number of carbonyl (C=O) groups is 3. The van der Waals surface area contributed by atoms with Gasteiger partial charge in [0.15, 0.2) is 11.5 Å². The van der Waals surface area contributed by atoms with Gasteiger partial charge in [-0.2, -0.15) is 0 Å². The summed E-state index contributed by atoms with van der Waals surface area (Å²) in [5.74, 6) is -0.278. The topological polar surface area (TPSA) is 79.6 Å². The highest BCUT2D eigenvalue weighted by Crippen LogP contribution is 2.15. The minimum Gasteiger partial charge on any atom is -0.459 e. The first kappa shape index (κ1) is 16.5. The highest BCUT2D eigenvalue weighted by Gasteiger charge is 2.13. The molecule has 6 nitrogen and oxygen atoms in total. The molecule has 0 saturated carbocycles. The Morgan fingerprint density at radius 3 is 2.30 bits per heavy atom. The average Bonchev–Trinajstić information content (AvgIpc) is 3.05. The molecule has 120 valence electrons. The van der Waals surface area contributed by atoms with E-state index >= 15 is 0 Å². The third-order valence-corrected chi connectivity index (χ3v) is 3.33. The lowest BCUT2D eigenvalue weighted by Gasteiger charge is -2.21. The van der Waals surface area contributed by atoms with E-state index < -0.39 is 0 Å². The molecule has 0 saturated heterocycles. The first-order chi connectivity index (χ1) is 11.0. The number of furan rings is 1. The molecule has 2 amide bonds. The van der Waals surface area contributed by atoms with Gasteiger partial charge in [0, 0.05) is 31.3 Å². The van der Waals surface area contributed by atoms with E-state index in [4.69, 9.17) is 4.42 Å². The number of Topliss-reactive ketones (excluding diaryl/α,β-unsaturated/α-hetero) is 1. The Morgan fingerprint density at radius 1 is 1.09 bits per heavy atom. The van der Waals surface area contributed by atoms with Gasteiger partial charge in [0.1, 0.15) is 0 Å². The van der Waals surface area contributed by atoms with Gasteiger partial charge in [-0.1, -0.05) is 0 Å². The van der Waals surface area contributed by atoms with Crippen molar-refractivity contribution in [3.05, 3.63) is 54.0 Å². The van der Waals surface area contributed by atoms with Crippen molar-refractivity contribution < 1.29 is 18.8 Å². The van der Waals surface area contributed by atoms with Crippen molar-refractivity contribution in [2.24, 2.45) is 0 Å². The Balaban J connectivity index is 1.97. The summed E-state index contributed by atoms with van der Waals surface area (Å²) in [4.78, 5) is 36.4. The summed E-state index contributed by atoms with van der Waals surface area (Å²) in [7, 11) is 0. The Kier molecular flexibility index (Phi) is 5.30. The third-order valence-electron chi connectivity index (χ3n) is 3.33. The highest BCUT2D eigenvalue weighted by atomic mass is 16.3. The monoisotopic (exact) mass is 314 g/mol. The van der Waals surface area contributed by atoms with Gasteiger partial charge in [0.2, 0.25) is 5.91 Å². The molecule has 0 atom stereocenters. The summed E-state index contributed by atoms with van der Waals surface area (Å²) in [6.45, 7) is 3.55. The second-order valence-corrected chi connectivity index (χ2v) is 5.01. The van der Waals surface area contributed by atoms with E-state index in [1.165, 1.54) is 25.0 Å². The quantitative estimate of drug-likeness (QED) is 0.829. The molecule has 1 heterocycles. The van der Waals surface area contributed by atoms with Crippen LogP contribution in [0.4, 0.5) is 5.69 Å². The lowest BCUT2D eigenvalue weighted by molar-refractivity contribution is -0.116. The first-order valence-corrected chi connectivity index (χ1v) is 7.20. The minimum absolute atomic E-state index is 0.0309. The van der Waals surface area contributed by atoms with Crippen LogP contribution < -0.4 is 10.2 Å². The number of hydrogen-bond donors (Lipinski definition) is 1. The Labute approximate surface area is 134 Å². The standard InChI is InChI=1S/C17H18N2O4/c1-12(20)14-5-7-15(8-6-14)19(13(2)21)10-9-18-17(22)16-4-3-11-23-16/h3-8,11H,9-10H2,1-2H3,(H,18,22). The molecule has 0 radical (unpaired) electrons. The van der Waals surface area contributed by atoms with Crippen molar-refractivity contribution >= 4 is 23.3 Å². The Bertz CT molecular complexity index is 690. The van der Waals surface area contributed by atoms with Crippen molar-refractivity contribution in [1.29, 1.82) is 0 Å². The van der Waals surface area contributed by atoms with Gasteiger partial charge in [0.05, 0.1) is 6.26 Å². The molecule has 2 aromatic rings. The number of ketones is 1. The molecule has 1 N–H and O–H groups in total. The number of amides is 2. The van der Waals surface area contributed by atoms with E-state index in [0.29, 0.717) is 17.8 Å². The van der Waals surface area contributed by atoms with Crippen molar-refractivity contribution in [3.8, 4) is 0 Å². The number of anilines is 1. The maximum absolute atomic E-state index is 11.8. The molecule has 2 rings (SSSR count). The molecule has 1 aromatic carbocycles. The van der Waals surface area contributed by atoms with Crippen LogP contribution >= 0.6 is 0 Å². The Hall–Kier alpha value is -2.89. The molecule has 6 heteroatoms. The van der Waals surface area contributed by atoms with Crippen LogP contribution in [0.5, 0.6) is 0 Å². The summed E-state index contributed by atoms with van der Waals surface area (Å²) in [5.41, 5.74) is 1.26. The second-order valence-electron chi connectivity index (χ2n) is 5.01.